The molecule has 0 saturated carbocycles. The molecule has 0 N–H and O–H groups in total. The Morgan fingerprint density at radius 3 is 2.46 bits per heavy atom. The van der Waals surface area contributed by atoms with E-state index in [-0.39, 0.29) is 5.97 Å². The molecule has 0 radical (unpaired) electrons. The highest BCUT2D eigenvalue weighted by Crippen LogP contribution is 2.37. The highest BCUT2D eigenvalue weighted by Gasteiger charge is 2.47. The van der Waals surface area contributed by atoms with Crippen molar-refractivity contribution in [3.63, 3.8) is 0 Å². The predicted octanol–water partition coefficient (Wildman–Crippen LogP) is 0.377. The molecule has 0 aromatic heterocycles. The number of nitriles is 2. The average molecular weight is 174 g/mol. The van der Waals surface area contributed by atoms with E-state index in [4.69, 9.17) is 15.3 Å². The van der Waals surface area contributed by atoms with Crippen LogP contribution in [-0.2, 0) is 9.53 Å². The maximum atomic E-state index is 11.2. The second kappa shape index (κ2) is 2.60. The van der Waals surface area contributed by atoms with Gasteiger partial charge in [-0.1, -0.05) is 6.08 Å². The van der Waals surface area contributed by atoms with Crippen LogP contribution < -0.4 is 0 Å². The molecule has 2 heterocycles. The third-order valence-electron chi connectivity index (χ3n) is 2.46. The van der Waals surface area contributed by atoms with Gasteiger partial charge in [-0.05, 0) is 6.08 Å². The van der Waals surface area contributed by atoms with E-state index in [0.29, 0.717) is 0 Å². The SMILES string of the molecule is N#C[C@@H]1[C@@H](C#N)[C@H]2C=C[C@@H]1C(=O)O2. The maximum Gasteiger partial charge on any atom is 0.314 e. The first-order valence-electron chi connectivity index (χ1n) is 3.96. The van der Waals surface area contributed by atoms with Crippen molar-refractivity contribution in [2.75, 3.05) is 0 Å². The molecule has 0 aromatic rings. The van der Waals surface area contributed by atoms with Crippen LogP contribution in [0.3, 0.4) is 0 Å². The Kier molecular flexibility index (Phi) is 1.56. The van der Waals surface area contributed by atoms with Gasteiger partial charge in [0.05, 0.1) is 24.0 Å². The molecule has 1 aliphatic carbocycles. The summed E-state index contributed by atoms with van der Waals surface area (Å²) in [6.45, 7) is 0. The van der Waals surface area contributed by atoms with Crippen molar-refractivity contribution in [2.24, 2.45) is 17.8 Å². The van der Waals surface area contributed by atoms with Crippen molar-refractivity contribution in [3.8, 4) is 12.1 Å². The van der Waals surface area contributed by atoms with E-state index >= 15 is 0 Å². The van der Waals surface area contributed by atoms with Gasteiger partial charge >= 0.3 is 5.97 Å². The lowest BCUT2D eigenvalue weighted by Gasteiger charge is -2.36. The zero-order valence-corrected chi connectivity index (χ0v) is 6.68. The molecule has 0 spiro atoms. The van der Waals surface area contributed by atoms with E-state index in [1.54, 1.807) is 12.2 Å². The molecule has 3 aliphatic rings. The van der Waals surface area contributed by atoms with Gasteiger partial charge in [0.1, 0.15) is 12.0 Å². The number of hydrogen-bond acceptors (Lipinski definition) is 4. The third kappa shape index (κ3) is 0.925. The molecule has 0 amide bonds. The zero-order chi connectivity index (χ0) is 9.42. The maximum absolute atomic E-state index is 11.2. The minimum absolute atomic E-state index is 0.384. The largest absolute Gasteiger partial charge is 0.456 e. The highest BCUT2D eigenvalue weighted by molar-refractivity contribution is 5.78. The summed E-state index contributed by atoms with van der Waals surface area (Å²) < 4.78 is 4.92. The molecule has 2 bridgehead atoms. The summed E-state index contributed by atoms with van der Waals surface area (Å²) in [5.41, 5.74) is 0. The van der Waals surface area contributed by atoms with Gasteiger partial charge in [0.2, 0.25) is 0 Å². The molecular weight excluding hydrogens is 168 g/mol. The fourth-order valence-corrected chi connectivity index (χ4v) is 1.76. The van der Waals surface area contributed by atoms with Crippen LogP contribution in [-0.4, -0.2) is 12.1 Å². The first-order valence-corrected chi connectivity index (χ1v) is 3.96. The van der Waals surface area contributed by atoms with Crippen molar-refractivity contribution in [1.29, 1.82) is 10.5 Å². The number of rotatable bonds is 0. The Labute approximate surface area is 75.0 Å². The molecule has 64 valence electrons. The minimum atomic E-state index is -0.542. The van der Waals surface area contributed by atoms with Gasteiger partial charge < -0.3 is 4.74 Å². The normalized spacial score (nSPS) is 40.6. The van der Waals surface area contributed by atoms with E-state index in [1.807, 2.05) is 12.1 Å². The number of ether oxygens (including phenoxy) is 1. The fourth-order valence-electron chi connectivity index (χ4n) is 1.76. The van der Waals surface area contributed by atoms with Crippen LogP contribution in [0, 0.1) is 40.4 Å². The Morgan fingerprint density at radius 2 is 1.92 bits per heavy atom. The topological polar surface area (TPSA) is 73.9 Å². The fraction of sp³-hybridized carbons (Fsp3) is 0.444. The first-order chi connectivity index (χ1) is 6.27. The van der Waals surface area contributed by atoms with Crippen molar-refractivity contribution in [3.05, 3.63) is 12.2 Å². The monoisotopic (exact) mass is 174 g/mol. The zero-order valence-electron chi connectivity index (χ0n) is 6.68. The predicted molar refractivity (Wildman–Crippen MR) is 40.7 cm³/mol. The van der Waals surface area contributed by atoms with Crippen LogP contribution >= 0.6 is 0 Å². The second-order valence-electron chi connectivity index (χ2n) is 3.12. The molecule has 0 unspecified atom stereocenters. The number of carbonyl (C=O) groups excluding carboxylic acids is 1. The van der Waals surface area contributed by atoms with Gasteiger partial charge in [-0.3, -0.25) is 4.79 Å². The summed E-state index contributed by atoms with van der Waals surface area (Å²) in [6.07, 6.45) is 2.83. The summed E-state index contributed by atoms with van der Waals surface area (Å²) in [7, 11) is 0. The first kappa shape index (κ1) is 7.82. The van der Waals surface area contributed by atoms with Gasteiger partial charge in [0.15, 0.2) is 0 Å². The van der Waals surface area contributed by atoms with E-state index in [2.05, 4.69) is 0 Å². The summed E-state index contributed by atoms with van der Waals surface area (Å²) >= 11 is 0. The number of nitrogens with zero attached hydrogens (tertiary/aromatic N) is 2. The lowest BCUT2D eigenvalue weighted by atomic mass is 9.73. The summed E-state index contributed by atoms with van der Waals surface area (Å²) in [4.78, 5) is 11.2. The Balaban J connectivity index is 2.41. The third-order valence-corrected chi connectivity index (χ3v) is 2.46. The molecule has 4 atom stereocenters. The number of fused-ring (bicyclic) bond motifs is 2. The Bertz CT molecular complexity index is 361. The van der Waals surface area contributed by atoms with Gasteiger partial charge in [0, 0.05) is 0 Å². The summed E-state index contributed by atoms with van der Waals surface area (Å²) in [5, 5.41) is 17.6. The smallest absolute Gasteiger partial charge is 0.314 e. The lowest BCUT2D eigenvalue weighted by Crippen LogP contribution is -2.46. The molecule has 4 nitrogen and oxygen atoms in total. The standard InChI is InChI=1S/C9H6N2O2/c10-3-6-5-1-2-8(7(6)4-11)13-9(5)12/h1-2,5-8H/t5-,6-,7+,8+/m0/s1. The summed E-state index contributed by atoms with van der Waals surface area (Å²) in [6, 6.07) is 4.00. The van der Waals surface area contributed by atoms with Gasteiger partial charge in [-0.15, -0.1) is 0 Å². The van der Waals surface area contributed by atoms with Crippen LogP contribution in [0.15, 0.2) is 12.2 Å². The Hall–Kier alpha value is -1.81. The van der Waals surface area contributed by atoms with Crippen LogP contribution in [0.25, 0.3) is 0 Å². The number of esters is 1. The van der Waals surface area contributed by atoms with Crippen LogP contribution in [0.1, 0.15) is 0 Å². The second-order valence-corrected chi connectivity index (χ2v) is 3.12. The van der Waals surface area contributed by atoms with Crippen molar-refractivity contribution >= 4 is 5.97 Å². The van der Waals surface area contributed by atoms with E-state index in [1.165, 1.54) is 0 Å². The molecule has 4 heteroatoms. The van der Waals surface area contributed by atoms with Gasteiger partial charge in [-0.2, -0.15) is 10.5 Å². The van der Waals surface area contributed by atoms with Crippen LogP contribution in [0.4, 0.5) is 0 Å². The molecule has 3 rings (SSSR count). The number of carbonyl (C=O) groups is 1. The quantitative estimate of drug-likeness (QED) is 0.393. The van der Waals surface area contributed by atoms with Crippen molar-refractivity contribution in [1.82, 2.24) is 0 Å². The number of hydrogen-bond donors (Lipinski definition) is 0. The molecule has 2 aliphatic heterocycles. The van der Waals surface area contributed by atoms with Crippen LogP contribution in [0.5, 0.6) is 0 Å². The van der Waals surface area contributed by atoms with Crippen molar-refractivity contribution < 1.29 is 9.53 Å². The van der Waals surface area contributed by atoms with Gasteiger partial charge in [0.25, 0.3) is 0 Å². The van der Waals surface area contributed by atoms with E-state index < -0.39 is 23.9 Å². The average Bonchev–Trinajstić information content (AvgIpc) is 2.17. The summed E-state index contributed by atoms with van der Waals surface area (Å²) in [5.74, 6) is -1.97. The molecule has 13 heavy (non-hydrogen) atoms. The molecule has 1 saturated heterocycles. The molecule has 1 fully saturated rings. The van der Waals surface area contributed by atoms with Gasteiger partial charge in [-0.25, -0.2) is 0 Å². The lowest BCUT2D eigenvalue weighted by molar-refractivity contribution is -0.162. The van der Waals surface area contributed by atoms with Crippen molar-refractivity contribution in [2.45, 2.75) is 6.10 Å². The molecular formula is C9H6N2O2. The van der Waals surface area contributed by atoms with E-state index in [0.717, 1.165) is 0 Å². The van der Waals surface area contributed by atoms with E-state index in [9.17, 15) is 4.79 Å². The Morgan fingerprint density at radius 1 is 1.23 bits per heavy atom. The minimum Gasteiger partial charge on any atom is -0.456 e. The molecule has 0 aromatic carbocycles. The van der Waals surface area contributed by atoms with Crippen LogP contribution in [0.2, 0.25) is 0 Å². The highest BCUT2D eigenvalue weighted by atomic mass is 16.5.